The predicted octanol–water partition coefficient (Wildman–Crippen LogP) is 4.09. The molecular weight excluding hydrogens is 335 g/mol. The lowest BCUT2D eigenvalue weighted by Gasteiger charge is -2.29. The van der Waals surface area contributed by atoms with Crippen molar-refractivity contribution in [1.82, 2.24) is 9.97 Å². The molecule has 23 heavy (non-hydrogen) atoms. The van der Waals surface area contributed by atoms with E-state index in [1.54, 1.807) is 30.6 Å². The lowest BCUT2D eigenvalue weighted by atomic mass is 9.85. The molecule has 126 valence electrons. The Hall–Kier alpha value is -1.07. The number of imidazole rings is 1. The first-order valence-electron chi connectivity index (χ1n) is 7.82. The van der Waals surface area contributed by atoms with E-state index in [2.05, 4.69) is 9.97 Å². The Balaban J connectivity index is 2.16. The molecule has 1 heterocycles. The van der Waals surface area contributed by atoms with Gasteiger partial charge in [0.25, 0.3) is 0 Å². The molecule has 1 aromatic carbocycles. The first-order chi connectivity index (χ1) is 11.0. The lowest BCUT2D eigenvalue weighted by molar-refractivity contribution is 0.0232. The maximum Gasteiger partial charge on any atom is 0.109 e. The van der Waals surface area contributed by atoms with Crippen LogP contribution in [0, 0.1) is 0 Å². The fourth-order valence-electron chi connectivity index (χ4n) is 2.74. The Morgan fingerprint density at radius 1 is 1.13 bits per heavy atom. The van der Waals surface area contributed by atoms with E-state index in [1.165, 1.54) is 0 Å². The predicted molar refractivity (Wildman–Crippen MR) is 92.8 cm³/mol. The quantitative estimate of drug-likeness (QED) is 0.592. The van der Waals surface area contributed by atoms with Crippen molar-refractivity contribution in [2.75, 3.05) is 6.61 Å². The van der Waals surface area contributed by atoms with Gasteiger partial charge < -0.3 is 15.2 Å². The summed E-state index contributed by atoms with van der Waals surface area (Å²) in [6.45, 7) is 0.208. The number of aromatic amines is 1. The number of aliphatic hydroxyl groups excluding tert-OH is 1. The number of rotatable bonds is 9. The summed E-state index contributed by atoms with van der Waals surface area (Å²) in [5.74, 6) is 0.717. The third-order valence-electron chi connectivity index (χ3n) is 3.95. The Kier molecular flexibility index (Phi) is 6.90. The maximum absolute atomic E-state index is 11.2. The smallest absolute Gasteiger partial charge is 0.109 e. The molecule has 0 spiro atoms. The fourth-order valence-corrected chi connectivity index (χ4v) is 3.32. The largest absolute Gasteiger partial charge is 0.396 e. The second-order valence-corrected chi connectivity index (χ2v) is 6.60. The molecule has 1 atom stereocenters. The van der Waals surface area contributed by atoms with Crippen LogP contribution in [0.25, 0.3) is 0 Å². The van der Waals surface area contributed by atoms with Crippen LogP contribution in [0.1, 0.15) is 43.5 Å². The molecule has 1 aromatic heterocycles. The first kappa shape index (κ1) is 18.3. The van der Waals surface area contributed by atoms with Crippen molar-refractivity contribution < 1.29 is 10.2 Å². The minimum atomic E-state index is -1.10. The maximum atomic E-state index is 11.2. The number of hydrogen-bond donors (Lipinski definition) is 3. The average Bonchev–Trinajstić information content (AvgIpc) is 2.99. The summed E-state index contributed by atoms with van der Waals surface area (Å²) < 4.78 is 0. The Labute approximate surface area is 146 Å². The van der Waals surface area contributed by atoms with Crippen molar-refractivity contribution >= 4 is 23.2 Å². The van der Waals surface area contributed by atoms with Gasteiger partial charge in [0.05, 0.1) is 5.60 Å². The highest BCUT2D eigenvalue weighted by Crippen LogP contribution is 2.36. The van der Waals surface area contributed by atoms with E-state index in [9.17, 15) is 5.11 Å². The van der Waals surface area contributed by atoms with E-state index in [0.29, 0.717) is 34.3 Å². The van der Waals surface area contributed by atoms with E-state index >= 15 is 0 Å². The van der Waals surface area contributed by atoms with Crippen molar-refractivity contribution in [2.24, 2.45) is 0 Å². The van der Waals surface area contributed by atoms with Gasteiger partial charge in [0.15, 0.2) is 0 Å². The van der Waals surface area contributed by atoms with Crippen molar-refractivity contribution in [2.45, 2.75) is 44.1 Å². The summed E-state index contributed by atoms with van der Waals surface area (Å²) >= 11 is 12.3. The zero-order valence-corrected chi connectivity index (χ0v) is 14.4. The van der Waals surface area contributed by atoms with Crippen LogP contribution in [0.15, 0.2) is 30.6 Å². The molecule has 3 N–H and O–H groups in total. The summed E-state index contributed by atoms with van der Waals surface area (Å²) in [6, 6.07) is 5.17. The number of aromatic nitrogens is 2. The number of hydrogen-bond acceptors (Lipinski definition) is 3. The van der Waals surface area contributed by atoms with Gasteiger partial charge in [-0.1, -0.05) is 48.5 Å². The highest BCUT2D eigenvalue weighted by molar-refractivity contribution is 6.35. The first-order valence-corrected chi connectivity index (χ1v) is 8.58. The topological polar surface area (TPSA) is 69.1 Å². The van der Waals surface area contributed by atoms with Gasteiger partial charge in [-0.2, -0.15) is 0 Å². The van der Waals surface area contributed by atoms with Crippen LogP contribution in [0.5, 0.6) is 0 Å². The number of nitrogens with zero attached hydrogens (tertiary/aromatic N) is 1. The zero-order chi connectivity index (χ0) is 16.7. The standard InChI is InChI=1S/C17H22Cl2N2O2/c18-13-5-6-14(15(19)11-13)17(23,7-3-1-2-4-10-22)12-16-20-8-9-21-16/h5-6,8-9,11,22-23H,1-4,7,10,12H2,(H,20,21). The van der Waals surface area contributed by atoms with Crippen LogP contribution in [-0.2, 0) is 12.0 Å². The van der Waals surface area contributed by atoms with Gasteiger partial charge >= 0.3 is 0 Å². The fraction of sp³-hybridized carbons (Fsp3) is 0.471. The Morgan fingerprint density at radius 2 is 1.91 bits per heavy atom. The van der Waals surface area contributed by atoms with Crippen molar-refractivity contribution in [3.8, 4) is 0 Å². The molecule has 0 saturated heterocycles. The molecule has 4 nitrogen and oxygen atoms in total. The monoisotopic (exact) mass is 356 g/mol. The minimum Gasteiger partial charge on any atom is -0.396 e. The molecule has 0 amide bonds. The van der Waals surface area contributed by atoms with Gasteiger partial charge in [0.2, 0.25) is 0 Å². The number of unbranched alkanes of at least 4 members (excludes halogenated alkanes) is 3. The highest BCUT2D eigenvalue weighted by atomic mass is 35.5. The van der Waals surface area contributed by atoms with Gasteiger partial charge in [0.1, 0.15) is 5.82 Å². The number of benzene rings is 1. The van der Waals surface area contributed by atoms with E-state index in [1.807, 2.05) is 0 Å². The molecule has 0 bridgehead atoms. The number of nitrogens with one attached hydrogen (secondary N) is 1. The second kappa shape index (κ2) is 8.69. The SMILES string of the molecule is OCCCCCCC(O)(Cc1ncc[nH]1)c1ccc(Cl)cc1Cl. The molecule has 6 heteroatoms. The number of aliphatic hydroxyl groups is 2. The third-order valence-corrected chi connectivity index (χ3v) is 4.49. The molecule has 0 aliphatic carbocycles. The summed E-state index contributed by atoms with van der Waals surface area (Å²) in [4.78, 5) is 7.24. The number of H-pyrrole nitrogens is 1. The van der Waals surface area contributed by atoms with Crippen LogP contribution in [0.4, 0.5) is 0 Å². The Morgan fingerprint density at radius 3 is 2.57 bits per heavy atom. The van der Waals surface area contributed by atoms with Crippen LogP contribution in [0.2, 0.25) is 10.0 Å². The molecule has 0 aliphatic rings. The van der Waals surface area contributed by atoms with Gasteiger partial charge in [-0.15, -0.1) is 0 Å². The second-order valence-electron chi connectivity index (χ2n) is 5.76. The van der Waals surface area contributed by atoms with Crippen molar-refractivity contribution in [3.63, 3.8) is 0 Å². The lowest BCUT2D eigenvalue weighted by Crippen LogP contribution is -2.29. The van der Waals surface area contributed by atoms with Crippen LogP contribution < -0.4 is 0 Å². The van der Waals surface area contributed by atoms with Crippen molar-refractivity contribution in [1.29, 1.82) is 0 Å². The summed E-state index contributed by atoms with van der Waals surface area (Å²) in [5.41, 5.74) is -0.430. The molecule has 0 saturated carbocycles. The van der Waals surface area contributed by atoms with E-state index in [0.717, 1.165) is 25.7 Å². The van der Waals surface area contributed by atoms with Gasteiger partial charge in [-0.25, -0.2) is 4.98 Å². The molecule has 0 radical (unpaired) electrons. The molecule has 2 rings (SSSR count). The molecule has 0 fully saturated rings. The van der Waals surface area contributed by atoms with E-state index in [-0.39, 0.29) is 6.61 Å². The summed E-state index contributed by atoms with van der Waals surface area (Å²) in [7, 11) is 0. The van der Waals surface area contributed by atoms with Gasteiger partial charge in [0, 0.05) is 41.0 Å². The normalized spacial score (nSPS) is 13.9. The molecule has 1 unspecified atom stereocenters. The third kappa shape index (κ3) is 5.21. The van der Waals surface area contributed by atoms with Gasteiger partial charge in [-0.3, -0.25) is 0 Å². The van der Waals surface area contributed by atoms with Crippen molar-refractivity contribution in [3.05, 3.63) is 52.0 Å². The zero-order valence-electron chi connectivity index (χ0n) is 12.9. The van der Waals surface area contributed by atoms with Gasteiger partial charge in [-0.05, 0) is 25.0 Å². The molecule has 0 aliphatic heterocycles. The van der Waals surface area contributed by atoms with E-state index < -0.39 is 5.60 Å². The highest BCUT2D eigenvalue weighted by Gasteiger charge is 2.32. The number of halogens is 2. The minimum absolute atomic E-state index is 0.208. The molecular formula is C17H22Cl2N2O2. The van der Waals surface area contributed by atoms with Crippen LogP contribution >= 0.6 is 23.2 Å². The average molecular weight is 357 g/mol. The summed E-state index contributed by atoms with van der Waals surface area (Å²) in [6.07, 6.45) is 7.87. The van der Waals surface area contributed by atoms with Crippen LogP contribution in [0.3, 0.4) is 0 Å². The van der Waals surface area contributed by atoms with E-state index in [4.69, 9.17) is 28.3 Å². The summed E-state index contributed by atoms with van der Waals surface area (Å²) in [5, 5.41) is 21.1. The Bertz CT molecular complexity index is 605. The molecule has 2 aromatic rings. The van der Waals surface area contributed by atoms with Crippen LogP contribution in [-0.4, -0.2) is 26.8 Å².